The van der Waals surface area contributed by atoms with Crippen LogP contribution in [0.3, 0.4) is 0 Å². The predicted octanol–water partition coefficient (Wildman–Crippen LogP) is 1.33. The molecule has 1 saturated carbocycles. The Morgan fingerprint density at radius 2 is 2.21 bits per heavy atom. The lowest BCUT2D eigenvalue weighted by atomic mass is 10.0. The molecule has 1 aliphatic heterocycles. The van der Waals surface area contributed by atoms with Gasteiger partial charge in [-0.2, -0.15) is 0 Å². The van der Waals surface area contributed by atoms with Crippen LogP contribution in [0.4, 0.5) is 0 Å². The van der Waals surface area contributed by atoms with Crippen molar-refractivity contribution in [2.45, 2.75) is 32.1 Å². The van der Waals surface area contributed by atoms with Gasteiger partial charge in [0.2, 0.25) is 0 Å². The summed E-state index contributed by atoms with van der Waals surface area (Å²) in [6.07, 6.45) is 5.84. The predicted molar refractivity (Wildman–Crippen MR) is 53.9 cm³/mol. The molecular weight excluding hydrogens is 178 g/mol. The van der Waals surface area contributed by atoms with Gasteiger partial charge in [0.25, 0.3) is 0 Å². The maximum atomic E-state index is 11.5. The van der Waals surface area contributed by atoms with Crippen LogP contribution in [0.15, 0.2) is 0 Å². The van der Waals surface area contributed by atoms with E-state index in [0.717, 1.165) is 38.3 Å². The van der Waals surface area contributed by atoms with Crippen molar-refractivity contribution < 1.29 is 9.53 Å². The van der Waals surface area contributed by atoms with Crippen molar-refractivity contribution in [3.05, 3.63) is 0 Å². The van der Waals surface area contributed by atoms with Crippen molar-refractivity contribution in [1.82, 2.24) is 5.32 Å². The summed E-state index contributed by atoms with van der Waals surface area (Å²) in [5, 5.41) is 3.23. The Morgan fingerprint density at radius 1 is 1.36 bits per heavy atom. The first-order chi connectivity index (χ1) is 6.86. The second kappa shape index (κ2) is 4.78. The lowest BCUT2D eigenvalue weighted by Gasteiger charge is -2.21. The SMILES string of the molecule is O=C(OCCC1CC1)[C@H]1CCCNC1. The highest BCUT2D eigenvalue weighted by atomic mass is 16.5. The molecule has 1 N–H and O–H groups in total. The molecule has 14 heavy (non-hydrogen) atoms. The maximum absolute atomic E-state index is 11.5. The zero-order valence-corrected chi connectivity index (χ0v) is 8.63. The number of hydrogen-bond donors (Lipinski definition) is 1. The average molecular weight is 197 g/mol. The number of hydrogen-bond acceptors (Lipinski definition) is 3. The summed E-state index contributed by atoms with van der Waals surface area (Å²) in [5.41, 5.74) is 0. The van der Waals surface area contributed by atoms with Crippen molar-refractivity contribution in [3.63, 3.8) is 0 Å². The highest BCUT2D eigenvalue weighted by molar-refractivity contribution is 5.72. The third-order valence-corrected chi connectivity index (χ3v) is 3.10. The van der Waals surface area contributed by atoms with Crippen molar-refractivity contribution in [2.75, 3.05) is 19.7 Å². The van der Waals surface area contributed by atoms with Gasteiger partial charge in [0.05, 0.1) is 12.5 Å². The summed E-state index contributed by atoms with van der Waals surface area (Å²) >= 11 is 0. The van der Waals surface area contributed by atoms with Gasteiger partial charge in [-0.25, -0.2) is 0 Å². The van der Waals surface area contributed by atoms with Crippen LogP contribution in [0.1, 0.15) is 32.1 Å². The summed E-state index contributed by atoms with van der Waals surface area (Å²) in [6, 6.07) is 0. The van der Waals surface area contributed by atoms with Crippen LogP contribution in [0.5, 0.6) is 0 Å². The number of rotatable bonds is 4. The van der Waals surface area contributed by atoms with Gasteiger partial charge >= 0.3 is 5.97 Å². The van der Waals surface area contributed by atoms with E-state index in [0.29, 0.717) is 6.61 Å². The molecule has 0 aromatic rings. The van der Waals surface area contributed by atoms with Crippen LogP contribution in [0.2, 0.25) is 0 Å². The number of nitrogens with one attached hydrogen (secondary N) is 1. The number of carbonyl (C=O) groups excluding carboxylic acids is 1. The topological polar surface area (TPSA) is 38.3 Å². The number of ether oxygens (including phenoxy) is 1. The van der Waals surface area contributed by atoms with Crippen LogP contribution in [-0.2, 0) is 9.53 Å². The molecule has 2 rings (SSSR count). The lowest BCUT2D eigenvalue weighted by molar-refractivity contribution is -0.149. The van der Waals surface area contributed by atoms with Crippen molar-refractivity contribution in [2.24, 2.45) is 11.8 Å². The Hall–Kier alpha value is -0.570. The van der Waals surface area contributed by atoms with Gasteiger partial charge in [-0.3, -0.25) is 4.79 Å². The summed E-state index contributed by atoms with van der Waals surface area (Å²) < 4.78 is 5.25. The summed E-state index contributed by atoms with van der Waals surface area (Å²) in [4.78, 5) is 11.5. The highest BCUT2D eigenvalue weighted by Crippen LogP contribution is 2.32. The van der Waals surface area contributed by atoms with E-state index in [1.807, 2.05) is 0 Å². The van der Waals surface area contributed by atoms with Gasteiger partial charge in [0, 0.05) is 6.54 Å². The second-order valence-corrected chi connectivity index (χ2v) is 4.44. The molecule has 1 aliphatic carbocycles. The molecule has 1 atom stereocenters. The smallest absolute Gasteiger partial charge is 0.310 e. The molecule has 80 valence electrons. The van der Waals surface area contributed by atoms with E-state index in [1.165, 1.54) is 12.8 Å². The largest absolute Gasteiger partial charge is 0.465 e. The average Bonchev–Trinajstić information content (AvgIpc) is 3.03. The number of esters is 1. The van der Waals surface area contributed by atoms with E-state index >= 15 is 0 Å². The molecule has 0 spiro atoms. The van der Waals surface area contributed by atoms with E-state index in [4.69, 9.17) is 4.74 Å². The minimum Gasteiger partial charge on any atom is -0.465 e. The Kier molecular flexibility index (Phi) is 3.40. The minimum absolute atomic E-state index is 0.0119. The first-order valence-electron chi connectivity index (χ1n) is 5.73. The molecule has 0 unspecified atom stereocenters. The lowest BCUT2D eigenvalue weighted by Crippen LogP contribution is -2.35. The van der Waals surface area contributed by atoms with Crippen LogP contribution in [0.25, 0.3) is 0 Å². The van der Waals surface area contributed by atoms with Crippen LogP contribution in [-0.4, -0.2) is 25.7 Å². The fourth-order valence-electron chi connectivity index (χ4n) is 1.90. The second-order valence-electron chi connectivity index (χ2n) is 4.44. The Balaban J connectivity index is 1.60. The Labute approximate surface area is 85.2 Å². The Bertz CT molecular complexity index is 195. The van der Waals surface area contributed by atoms with Gasteiger partial charge in [0.15, 0.2) is 0 Å². The van der Waals surface area contributed by atoms with Gasteiger partial charge in [-0.15, -0.1) is 0 Å². The minimum atomic E-state index is 0.0119. The van der Waals surface area contributed by atoms with Gasteiger partial charge in [0.1, 0.15) is 0 Å². The number of carbonyl (C=O) groups is 1. The summed E-state index contributed by atoms with van der Waals surface area (Å²) in [7, 11) is 0. The zero-order valence-electron chi connectivity index (χ0n) is 8.63. The van der Waals surface area contributed by atoms with E-state index < -0.39 is 0 Å². The van der Waals surface area contributed by atoms with Gasteiger partial charge < -0.3 is 10.1 Å². The molecule has 0 aromatic carbocycles. The maximum Gasteiger partial charge on any atom is 0.310 e. The van der Waals surface area contributed by atoms with Crippen molar-refractivity contribution in [3.8, 4) is 0 Å². The molecule has 2 aliphatic rings. The molecular formula is C11H19NO2. The fourth-order valence-corrected chi connectivity index (χ4v) is 1.90. The normalized spacial score (nSPS) is 27.3. The molecule has 0 radical (unpaired) electrons. The van der Waals surface area contributed by atoms with E-state index in [1.54, 1.807) is 0 Å². The van der Waals surface area contributed by atoms with Crippen molar-refractivity contribution >= 4 is 5.97 Å². The van der Waals surface area contributed by atoms with E-state index in [-0.39, 0.29) is 11.9 Å². The van der Waals surface area contributed by atoms with E-state index in [2.05, 4.69) is 5.32 Å². The van der Waals surface area contributed by atoms with Crippen molar-refractivity contribution in [1.29, 1.82) is 0 Å². The molecule has 3 heteroatoms. The molecule has 0 amide bonds. The quantitative estimate of drug-likeness (QED) is 0.691. The summed E-state index contributed by atoms with van der Waals surface area (Å²) in [5.74, 6) is 0.980. The number of piperidine rings is 1. The monoisotopic (exact) mass is 197 g/mol. The van der Waals surface area contributed by atoms with Gasteiger partial charge in [-0.05, 0) is 31.7 Å². The van der Waals surface area contributed by atoms with Crippen LogP contribution in [0, 0.1) is 11.8 Å². The standard InChI is InChI=1S/C11H19NO2/c13-11(10-2-1-6-12-8-10)14-7-5-9-3-4-9/h9-10,12H,1-8H2/t10-/m0/s1. The van der Waals surface area contributed by atoms with Crippen LogP contribution < -0.4 is 5.32 Å². The molecule has 1 heterocycles. The molecule has 1 saturated heterocycles. The molecule has 2 fully saturated rings. The van der Waals surface area contributed by atoms with Gasteiger partial charge in [-0.1, -0.05) is 12.8 Å². The molecule has 0 bridgehead atoms. The molecule has 3 nitrogen and oxygen atoms in total. The summed E-state index contributed by atoms with van der Waals surface area (Å²) in [6.45, 7) is 2.49. The molecule has 0 aromatic heterocycles. The highest BCUT2D eigenvalue weighted by Gasteiger charge is 2.24. The van der Waals surface area contributed by atoms with E-state index in [9.17, 15) is 4.79 Å². The third-order valence-electron chi connectivity index (χ3n) is 3.10. The first-order valence-corrected chi connectivity index (χ1v) is 5.73. The third kappa shape index (κ3) is 2.98. The van der Waals surface area contributed by atoms with Crippen LogP contribution >= 0.6 is 0 Å². The zero-order chi connectivity index (χ0) is 9.80. The first kappa shape index (κ1) is 9.97. The Morgan fingerprint density at radius 3 is 2.86 bits per heavy atom. The fraction of sp³-hybridized carbons (Fsp3) is 0.909.